The molecule has 6 heteroatoms. The number of nitrogens with zero attached hydrogens (tertiary/aromatic N) is 3. The molecule has 1 aromatic carbocycles. The maximum absolute atomic E-state index is 13.6. The van der Waals surface area contributed by atoms with Crippen molar-refractivity contribution in [1.29, 1.82) is 0 Å². The predicted octanol–water partition coefficient (Wildman–Crippen LogP) is 4.15. The third-order valence-electron chi connectivity index (χ3n) is 3.32. The first kappa shape index (κ1) is 13.5. The Morgan fingerprint density at radius 3 is 2.85 bits per heavy atom. The van der Waals surface area contributed by atoms with Crippen LogP contribution in [-0.2, 0) is 11.4 Å². The number of hydrogen-bond acceptors (Lipinski definition) is 3. The summed E-state index contributed by atoms with van der Waals surface area (Å²) in [6.45, 7) is 4.07. The fourth-order valence-corrected chi connectivity index (χ4v) is 3.36. The van der Waals surface area contributed by atoms with Gasteiger partial charge in [0.25, 0.3) is 0 Å². The molecule has 0 radical (unpaired) electrons. The Labute approximate surface area is 125 Å². The number of halogens is 2. The van der Waals surface area contributed by atoms with Crippen LogP contribution in [0.1, 0.15) is 24.7 Å². The van der Waals surface area contributed by atoms with Crippen LogP contribution < -0.4 is 0 Å². The molecule has 0 bridgehead atoms. The van der Waals surface area contributed by atoms with Crippen molar-refractivity contribution in [3.05, 3.63) is 46.4 Å². The zero-order valence-electron chi connectivity index (χ0n) is 11.1. The van der Waals surface area contributed by atoms with Crippen molar-refractivity contribution < 1.29 is 4.39 Å². The van der Waals surface area contributed by atoms with Gasteiger partial charge in [-0.1, -0.05) is 0 Å². The molecule has 0 amide bonds. The largest absolute Gasteiger partial charge is 0.315 e. The van der Waals surface area contributed by atoms with Crippen molar-refractivity contribution >= 4 is 34.0 Å². The Hall–Kier alpha value is -1.46. The molecular weight excluding hydrogens is 297 g/mol. The van der Waals surface area contributed by atoms with Crippen LogP contribution in [0.15, 0.2) is 29.8 Å². The van der Waals surface area contributed by atoms with Gasteiger partial charge in [-0.25, -0.2) is 14.4 Å². The van der Waals surface area contributed by atoms with E-state index >= 15 is 0 Å². The average molecular weight is 310 g/mol. The van der Waals surface area contributed by atoms with Gasteiger partial charge in [0, 0.05) is 11.6 Å². The second kappa shape index (κ2) is 4.82. The number of rotatable bonds is 3. The van der Waals surface area contributed by atoms with Gasteiger partial charge in [-0.2, -0.15) is 0 Å². The molecule has 0 fully saturated rings. The molecule has 104 valence electrons. The van der Waals surface area contributed by atoms with Crippen LogP contribution >= 0.6 is 22.9 Å². The lowest BCUT2D eigenvalue weighted by atomic mass is 10.1. The van der Waals surface area contributed by atoms with Crippen molar-refractivity contribution in [1.82, 2.24) is 14.5 Å². The molecule has 3 aromatic rings. The van der Waals surface area contributed by atoms with Gasteiger partial charge in [0.1, 0.15) is 16.6 Å². The molecule has 0 saturated carbocycles. The molecule has 0 saturated heterocycles. The lowest BCUT2D eigenvalue weighted by Crippen LogP contribution is -2.29. The Bertz CT molecular complexity index is 749. The van der Waals surface area contributed by atoms with Gasteiger partial charge in [0.2, 0.25) is 0 Å². The predicted molar refractivity (Wildman–Crippen MR) is 79.8 cm³/mol. The van der Waals surface area contributed by atoms with Gasteiger partial charge in [-0.3, -0.25) is 0 Å². The van der Waals surface area contributed by atoms with Crippen LogP contribution in [-0.4, -0.2) is 14.5 Å². The Balaban J connectivity index is 2.31. The van der Waals surface area contributed by atoms with E-state index in [0.29, 0.717) is 5.82 Å². The zero-order chi connectivity index (χ0) is 14.3. The van der Waals surface area contributed by atoms with Crippen molar-refractivity contribution in [2.75, 3.05) is 0 Å². The minimum Gasteiger partial charge on any atom is -0.315 e. The fraction of sp³-hybridized carbons (Fsp3) is 0.286. The van der Waals surface area contributed by atoms with Crippen LogP contribution in [0.3, 0.4) is 0 Å². The van der Waals surface area contributed by atoms with Gasteiger partial charge in [-0.05, 0) is 32.0 Å². The van der Waals surface area contributed by atoms with Gasteiger partial charge >= 0.3 is 0 Å². The van der Waals surface area contributed by atoms with Crippen molar-refractivity contribution in [2.24, 2.45) is 0 Å². The highest BCUT2D eigenvalue weighted by atomic mass is 35.5. The highest BCUT2D eigenvalue weighted by Crippen LogP contribution is 2.33. The van der Waals surface area contributed by atoms with E-state index in [-0.39, 0.29) is 11.7 Å². The number of alkyl halides is 1. The summed E-state index contributed by atoms with van der Waals surface area (Å²) >= 11 is 7.58. The monoisotopic (exact) mass is 309 g/mol. The standard InChI is InChI=1S/C14H13ClFN3S/c1-14(2,13-17-5-6-20-13)19-11-7-9(16)3-4-10(11)18-12(19)8-15/h3-7H,8H2,1-2H3. The molecule has 2 aromatic heterocycles. The van der Waals surface area contributed by atoms with Crippen LogP contribution in [0.4, 0.5) is 4.39 Å². The minimum absolute atomic E-state index is 0.269. The van der Waals surface area contributed by atoms with E-state index in [1.807, 2.05) is 23.8 Å². The van der Waals surface area contributed by atoms with Crippen molar-refractivity contribution in [3.63, 3.8) is 0 Å². The maximum atomic E-state index is 13.6. The van der Waals surface area contributed by atoms with E-state index in [2.05, 4.69) is 9.97 Å². The average Bonchev–Trinajstić information content (AvgIpc) is 3.05. The van der Waals surface area contributed by atoms with E-state index < -0.39 is 5.54 Å². The molecule has 0 aliphatic rings. The topological polar surface area (TPSA) is 30.7 Å². The fourth-order valence-electron chi connectivity index (χ4n) is 2.43. The lowest BCUT2D eigenvalue weighted by molar-refractivity contribution is 0.434. The van der Waals surface area contributed by atoms with Crippen LogP contribution in [0.2, 0.25) is 0 Å². The lowest BCUT2D eigenvalue weighted by Gasteiger charge is -2.27. The summed E-state index contributed by atoms with van der Waals surface area (Å²) < 4.78 is 15.5. The Morgan fingerprint density at radius 1 is 1.40 bits per heavy atom. The van der Waals surface area contributed by atoms with E-state index in [1.165, 1.54) is 12.1 Å². The van der Waals surface area contributed by atoms with E-state index in [0.717, 1.165) is 16.0 Å². The number of hydrogen-bond donors (Lipinski definition) is 0. The summed E-state index contributed by atoms with van der Waals surface area (Å²) in [4.78, 5) is 8.87. The highest BCUT2D eigenvalue weighted by molar-refractivity contribution is 7.09. The van der Waals surface area contributed by atoms with Gasteiger partial charge in [-0.15, -0.1) is 22.9 Å². The molecule has 0 spiro atoms. The van der Waals surface area contributed by atoms with Crippen molar-refractivity contribution in [2.45, 2.75) is 25.3 Å². The smallest absolute Gasteiger partial charge is 0.125 e. The summed E-state index contributed by atoms with van der Waals surface area (Å²) in [6.07, 6.45) is 1.77. The number of thiazole rings is 1. The number of aromatic nitrogens is 3. The zero-order valence-corrected chi connectivity index (χ0v) is 12.7. The van der Waals surface area contributed by atoms with E-state index in [1.54, 1.807) is 23.6 Å². The molecule has 0 unspecified atom stereocenters. The molecule has 3 rings (SSSR count). The van der Waals surface area contributed by atoms with Gasteiger partial charge in [0.05, 0.1) is 22.5 Å². The quantitative estimate of drug-likeness (QED) is 0.680. The second-order valence-corrected chi connectivity index (χ2v) is 6.19. The summed E-state index contributed by atoms with van der Waals surface area (Å²) in [7, 11) is 0. The summed E-state index contributed by atoms with van der Waals surface area (Å²) in [5, 5.41) is 2.87. The van der Waals surface area contributed by atoms with E-state index in [4.69, 9.17) is 11.6 Å². The third-order valence-corrected chi connectivity index (χ3v) is 4.65. The molecule has 0 aliphatic heterocycles. The normalized spacial score (nSPS) is 12.2. The summed E-state index contributed by atoms with van der Waals surface area (Å²) in [6, 6.07) is 4.58. The molecule has 3 nitrogen and oxygen atoms in total. The Morgan fingerprint density at radius 2 is 2.20 bits per heavy atom. The molecule has 0 atom stereocenters. The first-order valence-electron chi connectivity index (χ1n) is 6.17. The molecule has 0 N–H and O–H groups in total. The second-order valence-electron chi connectivity index (χ2n) is 5.03. The molecular formula is C14H13ClFN3S. The summed E-state index contributed by atoms with van der Waals surface area (Å²) in [5.74, 6) is 0.702. The number of benzene rings is 1. The van der Waals surface area contributed by atoms with Crippen molar-refractivity contribution in [3.8, 4) is 0 Å². The SMILES string of the molecule is CC(C)(c1nccs1)n1c(CCl)nc2ccc(F)cc21. The van der Waals surface area contributed by atoms with Gasteiger partial charge in [0.15, 0.2) is 0 Å². The number of imidazole rings is 1. The van der Waals surface area contributed by atoms with E-state index in [9.17, 15) is 4.39 Å². The molecule has 2 heterocycles. The van der Waals surface area contributed by atoms with Crippen LogP contribution in [0.5, 0.6) is 0 Å². The molecule has 20 heavy (non-hydrogen) atoms. The van der Waals surface area contributed by atoms with Gasteiger partial charge < -0.3 is 4.57 Å². The minimum atomic E-state index is -0.430. The highest BCUT2D eigenvalue weighted by Gasteiger charge is 2.30. The Kier molecular flexibility index (Phi) is 3.26. The third kappa shape index (κ3) is 2.01. The number of fused-ring (bicyclic) bond motifs is 1. The first-order valence-corrected chi connectivity index (χ1v) is 7.59. The maximum Gasteiger partial charge on any atom is 0.125 e. The van der Waals surface area contributed by atoms with Crippen LogP contribution in [0.25, 0.3) is 11.0 Å². The van der Waals surface area contributed by atoms with Crippen LogP contribution in [0, 0.1) is 5.82 Å². The molecule has 0 aliphatic carbocycles. The summed E-state index contributed by atoms with van der Waals surface area (Å²) in [5.41, 5.74) is 1.05. The first-order chi connectivity index (χ1) is 9.54.